The van der Waals surface area contributed by atoms with E-state index in [1.165, 1.54) is 45.4 Å². The molecule has 0 saturated heterocycles. The van der Waals surface area contributed by atoms with Gasteiger partial charge in [-0.3, -0.25) is 0 Å². The summed E-state index contributed by atoms with van der Waals surface area (Å²) < 4.78 is 0. The zero-order valence-electron chi connectivity index (χ0n) is 8.79. The number of hydrogen-bond donors (Lipinski definition) is 1. The minimum Gasteiger partial charge on any atom is -0.354 e. The van der Waals surface area contributed by atoms with E-state index in [-0.39, 0.29) is 0 Å². The number of H-pyrrole nitrogens is 1. The van der Waals surface area contributed by atoms with E-state index in [0.29, 0.717) is 0 Å². The van der Waals surface area contributed by atoms with Crippen LogP contribution in [0.1, 0.15) is 10.4 Å². The zero-order valence-corrected chi connectivity index (χ0v) is 9.60. The van der Waals surface area contributed by atoms with Gasteiger partial charge in [-0.1, -0.05) is 18.2 Å². The van der Waals surface area contributed by atoms with E-state index in [1.54, 1.807) is 0 Å². The van der Waals surface area contributed by atoms with Crippen LogP contribution in [0.15, 0.2) is 35.7 Å². The van der Waals surface area contributed by atoms with Crippen LogP contribution in [0.2, 0.25) is 0 Å². The van der Waals surface area contributed by atoms with E-state index in [1.807, 2.05) is 11.3 Å². The van der Waals surface area contributed by atoms with Crippen molar-refractivity contribution in [2.24, 2.45) is 0 Å². The monoisotopic (exact) mass is 225 g/mol. The molecule has 0 saturated carbocycles. The molecule has 2 aromatic heterocycles. The molecule has 0 fully saturated rings. The molecule has 1 N–H and O–H groups in total. The lowest BCUT2D eigenvalue weighted by Crippen LogP contribution is -1.98. The highest BCUT2D eigenvalue weighted by molar-refractivity contribution is 7.10. The Kier molecular flexibility index (Phi) is 1.60. The molecule has 16 heavy (non-hydrogen) atoms. The van der Waals surface area contributed by atoms with Gasteiger partial charge in [-0.25, -0.2) is 0 Å². The number of thiophene rings is 1. The Bertz CT molecular complexity index is 675. The van der Waals surface area contributed by atoms with Crippen LogP contribution >= 0.6 is 11.3 Å². The van der Waals surface area contributed by atoms with Crippen molar-refractivity contribution in [3.63, 3.8) is 0 Å². The van der Waals surface area contributed by atoms with Gasteiger partial charge in [-0.05, 0) is 35.9 Å². The second-order valence-electron chi connectivity index (χ2n) is 4.28. The third kappa shape index (κ3) is 1.000. The molecule has 2 heterocycles. The van der Waals surface area contributed by atoms with Crippen molar-refractivity contribution in [3.05, 3.63) is 46.2 Å². The number of aryl methyl sites for hydroxylation is 2. The van der Waals surface area contributed by atoms with Crippen molar-refractivity contribution < 1.29 is 0 Å². The van der Waals surface area contributed by atoms with Gasteiger partial charge in [0.15, 0.2) is 0 Å². The normalized spacial score (nSPS) is 13.8. The maximum Gasteiger partial charge on any atom is 0.0508 e. The van der Waals surface area contributed by atoms with Crippen molar-refractivity contribution in [1.29, 1.82) is 0 Å². The largest absolute Gasteiger partial charge is 0.354 e. The second kappa shape index (κ2) is 2.98. The number of nitrogens with one attached hydrogen (secondary N) is 1. The Labute approximate surface area is 97.7 Å². The third-order valence-electron chi connectivity index (χ3n) is 3.43. The quantitative estimate of drug-likeness (QED) is 0.595. The van der Waals surface area contributed by atoms with Gasteiger partial charge in [0.1, 0.15) is 0 Å². The molecular weight excluding hydrogens is 214 g/mol. The van der Waals surface area contributed by atoms with Gasteiger partial charge in [-0.15, -0.1) is 11.3 Å². The first-order chi connectivity index (χ1) is 7.93. The Morgan fingerprint density at radius 3 is 3.00 bits per heavy atom. The summed E-state index contributed by atoms with van der Waals surface area (Å²) in [6, 6.07) is 10.9. The lowest BCUT2D eigenvalue weighted by Gasteiger charge is -2.11. The van der Waals surface area contributed by atoms with Gasteiger partial charge in [-0.2, -0.15) is 0 Å². The second-order valence-corrected chi connectivity index (χ2v) is 5.28. The van der Waals surface area contributed by atoms with Gasteiger partial charge < -0.3 is 4.98 Å². The summed E-state index contributed by atoms with van der Waals surface area (Å²) in [7, 11) is 0. The highest BCUT2D eigenvalue weighted by Crippen LogP contribution is 2.39. The molecule has 3 aromatic rings. The van der Waals surface area contributed by atoms with Crippen LogP contribution in [-0.2, 0) is 12.8 Å². The molecule has 0 atom stereocenters. The Balaban J connectivity index is 2.13. The number of para-hydroxylation sites is 1. The molecule has 0 aliphatic heterocycles. The summed E-state index contributed by atoms with van der Waals surface area (Å²) in [6.45, 7) is 0. The van der Waals surface area contributed by atoms with Gasteiger partial charge in [0, 0.05) is 21.3 Å². The van der Waals surface area contributed by atoms with E-state index in [0.717, 1.165) is 0 Å². The van der Waals surface area contributed by atoms with Crippen LogP contribution in [0, 0.1) is 0 Å². The number of aromatic amines is 1. The molecule has 0 amide bonds. The predicted octanol–water partition coefficient (Wildman–Crippen LogP) is 4.00. The molecule has 1 aliphatic carbocycles. The zero-order chi connectivity index (χ0) is 10.5. The molecule has 2 heteroatoms. The van der Waals surface area contributed by atoms with E-state index in [2.05, 4.69) is 40.7 Å². The molecule has 1 aliphatic rings. The maximum atomic E-state index is 3.56. The molecule has 1 nitrogen and oxygen atoms in total. The first-order valence-corrected chi connectivity index (χ1v) is 6.48. The number of benzene rings is 1. The standard InChI is InChI=1S/C14H11NS/c1-2-4-12-9(3-1)10-5-6-13-11(7-8-16-13)14(10)15-12/h1-4,7-8,15H,5-6H2. The van der Waals surface area contributed by atoms with Gasteiger partial charge in [0.2, 0.25) is 0 Å². The van der Waals surface area contributed by atoms with E-state index >= 15 is 0 Å². The number of fused-ring (bicyclic) bond motifs is 5. The smallest absolute Gasteiger partial charge is 0.0508 e. The van der Waals surface area contributed by atoms with E-state index in [9.17, 15) is 0 Å². The lowest BCUT2D eigenvalue weighted by atomic mass is 9.95. The fraction of sp³-hybridized carbons (Fsp3) is 0.143. The van der Waals surface area contributed by atoms with Crippen LogP contribution < -0.4 is 0 Å². The Morgan fingerprint density at radius 1 is 1.06 bits per heavy atom. The first kappa shape index (κ1) is 8.59. The van der Waals surface area contributed by atoms with Gasteiger partial charge >= 0.3 is 0 Å². The average Bonchev–Trinajstić information content (AvgIpc) is 2.92. The van der Waals surface area contributed by atoms with Crippen molar-refractivity contribution in [1.82, 2.24) is 4.98 Å². The molecule has 0 bridgehead atoms. The summed E-state index contributed by atoms with van der Waals surface area (Å²) in [5.74, 6) is 0. The first-order valence-electron chi connectivity index (χ1n) is 5.60. The van der Waals surface area contributed by atoms with Crippen LogP contribution in [0.5, 0.6) is 0 Å². The van der Waals surface area contributed by atoms with E-state index < -0.39 is 0 Å². The minimum atomic E-state index is 1.17. The molecule has 0 radical (unpaired) electrons. The summed E-state index contributed by atoms with van der Waals surface area (Å²) in [5.41, 5.74) is 5.54. The molecular formula is C14H11NS. The van der Waals surface area contributed by atoms with Gasteiger partial charge in [0.25, 0.3) is 0 Å². The summed E-state index contributed by atoms with van der Waals surface area (Å²) >= 11 is 1.88. The fourth-order valence-electron chi connectivity index (χ4n) is 2.69. The molecule has 1 aromatic carbocycles. The number of rotatable bonds is 0. The molecule has 4 rings (SSSR count). The minimum absolute atomic E-state index is 1.17. The van der Waals surface area contributed by atoms with Gasteiger partial charge in [0.05, 0.1) is 5.69 Å². The molecule has 0 spiro atoms. The highest BCUT2D eigenvalue weighted by atomic mass is 32.1. The summed E-state index contributed by atoms with van der Waals surface area (Å²) in [5, 5.41) is 3.60. The van der Waals surface area contributed by atoms with Crippen LogP contribution in [-0.4, -0.2) is 4.98 Å². The topological polar surface area (TPSA) is 15.8 Å². The lowest BCUT2D eigenvalue weighted by molar-refractivity contribution is 0.970. The van der Waals surface area contributed by atoms with Crippen LogP contribution in [0.4, 0.5) is 0 Å². The van der Waals surface area contributed by atoms with Crippen molar-refractivity contribution in [2.45, 2.75) is 12.8 Å². The highest BCUT2D eigenvalue weighted by Gasteiger charge is 2.20. The summed E-state index contributed by atoms with van der Waals surface area (Å²) in [4.78, 5) is 5.09. The third-order valence-corrected chi connectivity index (χ3v) is 4.41. The predicted molar refractivity (Wildman–Crippen MR) is 69.0 cm³/mol. The van der Waals surface area contributed by atoms with Crippen molar-refractivity contribution in [2.75, 3.05) is 0 Å². The Morgan fingerprint density at radius 2 is 2.00 bits per heavy atom. The number of aromatic nitrogens is 1. The Hall–Kier alpha value is -1.54. The average molecular weight is 225 g/mol. The van der Waals surface area contributed by atoms with Crippen LogP contribution in [0.25, 0.3) is 22.2 Å². The number of hydrogen-bond acceptors (Lipinski definition) is 1. The van der Waals surface area contributed by atoms with Crippen molar-refractivity contribution in [3.8, 4) is 11.3 Å². The SMILES string of the molecule is c1ccc2c3c([nH]c2c1)-c1ccsc1CC3. The van der Waals surface area contributed by atoms with Crippen LogP contribution in [0.3, 0.4) is 0 Å². The molecule has 0 unspecified atom stereocenters. The fourth-order valence-corrected chi connectivity index (χ4v) is 3.57. The van der Waals surface area contributed by atoms with E-state index in [4.69, 9.17) is 0 Å². The van der Waals surface area contributed by atoms with Crippen molar-refractivity contribution >= 4 is 22.2 Å². The summed E-state index contributed by atoms with van der Waals surface area (Å²) in [6.07, 6.45) is 2.37. The maximum absolute atomic E-state index is 3.56. The molecule has 78 valence electrons.